The van der Waals surface area contributed by atoms with Gasteiger partial charge in [0.05, 0.1) is 19.0 Å². The molecule has 1 aromatic heterocycles. The van der Waals surface area contributed by atoms with E-state index in [9.17, 15) is 9.59 Å². The highest BCUT2D eigenvalue weighted by atomic mass is 16.5. The van der Waals surface area contributed by atoms with Crippen molar-refractivity contribution in [1.82, 2.24) is 14.9 Å². The minimum atomic E-state index is -0.434. The highest BCUT2D eigenvalue weighted by Gasteiger charge is 2.16. The summed E-state index contributed by atoms with van der Waals surface area (Å²) >= 11 is 0. The standard InChI is InChI=1S/C24H29N7O4/c1-14(2)29-23-24(33)31(20(12-28-23)17-8-18(25)10-19(9-17)35-3)13-21(32)27-11-15-4-6-16(7-5-15)22(26)30-34/h4-10,12,14,34H,11,13,25H2,1-3H3,(H2,26,30)(H,27,32)(H,28,29). The molecule has 11 nitrogen and oxygen atoms in total. The minimum Gasteiger partial charge on any atom is -0.497 e. The lowest BCUT2D eigenvalue weighted by Crippen LogP contribution is -2.35. The van der Waals surface area contributed by atoms with Crippen LogP contribution >= 0.6 is 0 Å². The minimum absolute atomic E-state index is 0.00540. The number of aromatic nitrogens is 2. The van der Waals surface area contributed by atoms with E-state index in [-0.39, 0.29) is 36.7 Å². The highest BCUT2D eigenvalue weighted by molar-refractivity contribution is 5.97. The summed E-state index contributed by atoms with van der Waals surface area (Å²) in [5.41, 5.74) is 14.0. The Labute approximate surface area is 202 Å². The van der Waals surface area contributed by atoms with Crippen LogP contribution < -0.4 is 32.4 Å². The predicted molar refractivity (Wildman–Crippen MR) is 134 cm³/mol. The Kier molecular flexibility index (Phi) is 7.92. The number of carbonyl (C=O) groups excluding carboxylic acids is 1. The molecule has 0 unspecified atom stereocenters. The Morgan fingerprint density at radius 1 is 1.23 bits per heavy atom. The molecule has 0 aliphatic rings. The zero-order valence-electron chi connectivity index (χ0n) is 19.8. The molecule has 1 heterocycles. The van der Waals surface area contributed by atoms with Crippen molar-refractivity contribution in [3.05, 3.63) is 70.1 Å². The first-order valence-corrected chi connectivity index (χ1v) is 10.9. The first-order valence-electron chi connectivity index (χ1n) is 10.9. The summed E-state index contributed by atoms with van der Waals surface area (Å²) in [6.45, 7) is 3.77. The molecule has 0 aliphatic heterocycles. The third kappa shape index (κ3) is 6.28. The third-order valence-electron chi connectivity index (χ3n) is 5.09. The smallest absolute Gasteiger partial charge is 0.294 e. The van der Waals surface area contributed by atoms with Crippen LogP contribution in [0.25, 0.3) is 11.3 Å². The summed E-state index contributed by atoms with van der Waals surface area (Å²) in [6, 6.07) is 11.9. The molecule has 3 rings (SSSR count). The molecular formula is C24H29N7O4. The van der Waals surface area contributed by atoms with Crippen LogP contribution in [0, 0.1) is 0 Å². The van der Waals surface area contributed by atoms with Gasteiger partial charge in [-0.25, -0.2) is 4.98 Å². The molecule has 11 heteroatoms. The molecule has 0 saturated carbocycles. The number of amides is 1. The number of hydrogen-bond acceptors (Lipinski definition) is 8. The van der Waals surface area contributed by atoms with E-state index >= 15 is 0 Å². The van der Waals surface area contributed by atoms with Crippen molar-refractivity contribution in [2.24, 2.45) is 10.9 Å². The van der Waals surface area contributed by atoms with Crippen LogP contribution in [-0.2, 0) is 17.9 Å². The molecule has 0 atom stereocenters. The molecule has 0 spiro atoms. The Bertz CT molecular complexity index is 1280. The molecule has 0 saturated heterocycles. The first kappa shape index (κ1) is 25.1. The fourth-order valence-corrected chi connectivity index (χ4v) is 3.39. The molecule has 184 valence electrons. The van der Waals surface area contributed by atoms with Crippen molar-refractivity contribution in [3.8, 4) is 17.0 Å². The third-order valence-corrected chi connectivity index (χ3v) is 5.09. The number of nitrogens with two attached hydrogens (primary N) is 2. The average Bonchev–Trinajstić information content (AvgIpc) is 2.84. The van der Waals surface area contributed by atoms with E-state index < -0.39 is 5.56 Å². The molecule has 7 N–H and O–H groups in total. The van der Waals surface area contributed by atoms with E-state index in [4.69, 9.17) is 21.4 Å². The monoisotopic (exact) mass is 479 g/mol. The van der Waals surface area contributed by atoms with Crippen molar-refractivity contribution in [3.63, 3.8) is 0 Å². The summed E-state index contributed by atoms with van der Waals surface area (Å²) in [6.07, 6.45) is 1.53. The van der Waals surface area contributed by atoms with E-state index in [1.165, 1.54) is 17.9 Å². The molecule has 2 aromatic carbocycles. The van der Waals surface area contributed by atoms with Gasteiger partial charge < -0.3 is 32.0 Å². The summed E-state index contributed by atoms with van der Waals surface area (Å²) in [7, 11) is 1.52. The maximum atomic E-state index is 13.2. The molecule has 0 aliphatic carbocycles. The lowest BCUT2D eigenvalue weighted by atomic mass is 10.1. The van der Waals surface area contributed by atoms with Crippen molar-refractivity contribution < 1.29 is 14.7 Å². The van der Waals surface area contributed by atoms with Crippen LogP contribution in [0.3, 0.4) is 0 Å². The zero-order valence-corrected chi connectivity index (χ0v) is 19.8. The van der Waals surface area contributed by atoms with Gasteiger partial charge in [-0.3, -0.25) is 14.2 Å². The highest BCUT2D eigenvalue weighted by Crippen LogP contribution is 2.26. The summed E-state index contributed by atoms with van der Waals surface area (Å²) in [5, 5.41) is 17.6. The Morgan fingerprint density at radius 3 is 2.57 bits per heavy atom. The Balaban J connectivity index is 1.88. The predicted octanol–water partition coefficient (Wildman–Crippen LogP) is 1.73. The number of nitrogen functional groups attached to an aromatic ring is 1. The number of methoxy groups -OCH3 is 1. The topological polar surface area (TPSA) is 170 Å². The van der Waals surface area contributed by atoms with E-state index in [0.29, 0.717) is 28.3 Å². The van der Waals surface area contributed by atoms with Crippen LogP contribution in [0.1, 0.15) is 25.0 Å². The van der Waals surface area contributed by atoms with Gasteiger partial charge in [0.2, 0.25) is 5.91 Å². The fraction of sp³-hybridized carbons (Fsp3) is 0.250. The van der Waals surface area contributed by atoms with E-state index in [2.05, 4.69) is 20.8 Å². The average molecular weight is 480 g/mol. The number of amidine groups is 1. The molecule has 0 radical (unpaired) electrons. The van der Waals surface area contributed by atoms with Crippen molar-refractivity contribution in [1.29, 1.82) is 0 Å². The van der Waals surface area contributed by atoms with Gasteiger partial charge >= 0.3 is 0 Å². The number of carbonyl (C=O) groups is 1. The number of ether oxygens (including phenoxy) is 1. The number of nitrogens with one attached hydrogen (secondary N) is 2. The van der Waals surface area contributed by atoms with Crippen LogP contribution in [0.5, 0.6) is 5.75 Å². The van der Waals surface area contributed by atoms with Gasteiger partial charge in [0, 0.05) is 35.5 Å². The van der Waals surface area contributed by atoms with Crippen molar-refractivity contribution in [2.75, 3.05) is 18.2 Å². The van der Waals surface area contributed by atoms with Gasteiger partial charge in [-0.2, -0.15) is 0 Å². The second-order valence-corrected chi connectivity index (χ2v) is 8.14. The quantitative estimate of drug-likeness (QED) is 0.102. The van der Waals surface area contributed by atoms with E-state index in [1.807, 2.05) is 13.8 Å². The van der Waals surface area contributed by atoms with Gasteiger partial charge in [0.15, 0.2) is 11.7 Å². The van der Waals surface area contributed by atoms with Crippen molar-refractivity contribution >= 4 is 23.2 Å². The van der Waals surface area contributed by atoms with E-state index in [1.54, 1.807) is 42.5 Å². The van der Waals surface area contributed by atoms with Gasteiger partial charge in [0.25, 0.3) is 5.56 Å². The zero-order chi connectivity index (χ0) is 25.5. The number of hydrogen-bond donors (Lipinski definition) is 5. The van der Waals surface area contributed by atoms with Gasteiger partial charge in [-0.05, 0) is 31.5 Å². The van der Waals surface area contributed by atoms with Gasteiger partial charge in [0.1, 0.15) is 12.3 Å². The number of nitrogens with zero attached hydrogens (tertiary/aromatic N) is 3. The lowest BCUT2D eigenvalue weighted by Gasteiger charge is -2.17. The Morgan fingerprint density at radius 2 is 1.94 bits per heavy atom. The lowest BCUT2D eigenvalue weighted by molar-refractivity contribution is -0.121. The maximum Gasteiger partial charge on any atom is 0.294 e. The molecular weight excluding hydrogens is 450 g/mol. The second kappa shape index (κ2) is 11.1. The molecule has 35 heavy (non-hydrogen) atoms. The van der Waals surface area contributed by atoms with Gasteiger partial charge in [-0.15, -0.1) is 0 Å². The number of oxime groups is 1. The van der Waals surface area contributed by atoms with Crippen molar-refractivity contribution in [2.45, 2.75) is 33.0 Å². The van der Waals surface area contributed by atoms with Crippen LogP contribution in [0.2, 0.25) is 0 Å². The molecule has 3 aromatic rings. The largest absolute Gasteiger partial charge is 0.497 e. The number of benzene rings is 2. The van der Waals surface area contributed by atoms with Crippen LogP contribution in [0.4, 0.5) is 11.5 Å². The molecule has 0 bridgehead atoms. The number of rotatable bonds is 9. The SMILES string of the molecule is COc1cc(N)cc(-c2cnc(NC(C)C)c(=O)n2CC(=O)NCc2ccc(C(N)=NO)cc2)c1. The van der Waals surface area contributed by atoms with Crippen LogP contribution in [0.15, 0.2) is 58.6 Å². The molecule has 0 fully saturated rings. The normalized spacial score (nSPS) is 11.4. The maximum absolute atomic E-state index is 13.2. The Hall–Kier alpha value is -4.54. The van der Waals surface area contributed by atoms with E-state index in [0.717, 1.165) is 5.56 Å². The summed E-state index contributed by atoms with van der Waals surface area (Å²) in [4.78, 5) is 30.3. The fourth-order valence-electron chi connectivity index (χ4n) is 3.39. The van der Waals surface area contributed by atoms with Crippen LogP contribution in [-0.4, -0.2) is 39.7 Å². The summed E-state index contributed by atoms with van der Waals surface area (Å²) < 4.78 is 6.64. The number of anilines is 2. The second-order valence-electron chi connectivity index (χ2n) is 8.14. The summed E-state index contributed by atoms with van der Waals surface area (Å²) in [5.74, 6) is 0.287. The van der Waals surface area contributed by atoms with Gasteiger partial charge in [-0.1, -0.05) is 29.4 Å². The molecule has 1 amide bonds. The first-order chi connectivity index (χ1) is 16.7.